The van der Waals surface area contributed by atoms with Crippen LogP contribution in [0.3, 0.4) is 0 Å². The molecule has 150 valence electrons. The summed E-state index contributed by atoms with van der Waals surface area (Å²) in [7, 11) is 1.37. The maximum Gasteiger partial charge on any atom is 0.327 e. The summed E-state index contributed by atoms with van der Waals surface area (Å²) in [5.74, 6) is 0.842. The number of furan rings is 1. The van der Waals surface area contributed by atoms with Crippen LogP contribution in [0, 0.1) is 13.8 Å². The Bertz CT molecular complexity index is 890. The van der Waals surface area contributed by atoms with Crippen LogP contribution in [-0.4, -0.2) is 55.0 Å². The molecule has 1 aromatic carbocycles. The number of amides is 1. The third kappa shape index (κ3) is 3.97. The Morgan fingerprint density at radius 1 is 1.14 bits per heavy atom. The molecule has 1 aliphatic heterocycles. The van der Waals surface area contributed by atoms with Crippen molar-refractivity contribution in [1.29, 1.82) is 0 Å². The Labute approximate surface area is 177 Å². The monoisotopic (exact) mass is 468 g/mol. The number of hydrogen-bond donors (Lipinski definition) is 0. The fourth-order valence-electron chi connectivity index (χ4n) is 3.52. The normalized spacial score (nSPS) is 16.1. The summed E-state index contributed by atoms with van der Waals surface area (Å²) in [5.41, 5.74) is 1.27. The molecule has 0 spiro atoms. The third-order valence-electron chi connectivity index (χ3n) is 4.99. The third-order valence-corrected chi connectivity index (χ3v) is 6.29. The van der Waals surface area contributed by atoms with Gasteiger partial charge < -0.3 is 14.1 Å². The molecule has 28 heavy (non-hydrogen) atoms. The lowest BCUT2D eigenvalue weighted by molar-refractivity contribution is -0.148. The zero-order valence-electron chi connectivity index (χ0n) is 16.0. The quantitative estimate of drug-likeness (QED) is 0.634. The lowest BCUT2D eigenvalue weighted by Crippen LogP contribution is -2.51. The number of piperazine rings is 1. The van der Waals surface area contributed by atoms with Crippen LogP contribution < -0.4 is 0 Å². The number of hydrogen-bond acceptors (Lipinski definition) is 5. The summed E-state index contributed by atoms with van der Waals surface area (Å²) < 4.78 is 11.3. The molecule has 0 radical (unpaired) electrons. The lowest BCUT2D eigenvalue weighted by Gasteiger charge is -2.38. The minimum absolute atomic E-state index is 0.0757. The lowest BCUT2D eigenvalue weighted by atomic mass is 10.0. The number of methoxy groups -OCH3 is 1. The summed E-state index contributed by atoms with van der Waals surface area (Å²) in [6.45, 7) is 5.65. The van der Waals surface area contributed by atoms with Crippen molar-refractivity contribution < 1.29 is 18.7 Å². The first kappa shape index (κ1) is 20.9. The number of carbonyl (C=O) groups excluding carboxylic acids is 2. The largest absolute Gasteiger partial charge is 0.468 e. The van der Waals surface area contributed by atoms with Gasteiger partial charge in [0.25, 0.3) is 5.91 Å². The van der Waals surface area contributed by atoms with Gasteiger partial charge in [-0.3, -0.25) is 9.69 Å². The summed E-state index contributed by atoms with van der Waals surface area (Å²) >= 11 is 9.76. The molecule has 0 bridgehead atoms. The molecule has 1 unspecified atom stereocenters. The second-order valence-electron chi connectivity index (χ2n) is 6.68. The molecule has 1 amide bonds. The van der Waals surface area contributed by atoms with Crippen LogP contribution in [0.1, 0.15) is 33.5 Å². The Hall–Kier alpha value is -1.83. The smallest absolute Gasteiger partial charge is 0.327 e. The van der Waals surface area contributed by atoms with Crippen molar-refractivity contribution in [2.75, 3.05) is 33.3 Å². The summed E-state index contributed by atoms with van der Waals surface area (Å²) in [4.78, 5) is 29.2. The fourth-order valence-corrected chi connectivity index (χ4v) is 4.29. The van der Waals surface area contributed by atoms with Gasteiger partial charge in [0.15, 0.2) is 0 Å². The molecule has 1 aliphatic rings. The minimum atomic E-state index is -0.597. The van der Waals surface area contributed by atoms with Gasteiger partial charge in [-0.15, -0.1) is 0 Å². The van der Waals surface area contributed by atoms with E-state index in [4.69, 9.17) is 20.8 Å². The van der Waals surface area contributed by atoms with Crippen molar-refractivity contribution in [3.63, 3.8) is 0 Å². The van der Waals surface area contributed by atoms with Gasteiger partial charge in [0, 0.05) is 31.2 Å². The topological polar surface area (TPSA) is 63.0 Å². The average molecular weight is 470 g/mol. The van der Waals surface area contributed by atoms with Crippen LogP contribution in [0.5, 0.6) is 0 Å². The van der Waals surface area contributed by atoms with E-state index in [0.717, 1.165) is 0 Å². The van der Waals surface area contributed by atoms with Crippen LogP contribution in [0.25, 0.3) is 0 Å². The van der Waals surface area contributed by atoms with E-state index in [1.54, 1.807) is 17.9 Å². The molecular formula is C20H22BrClN2O4. The molecule has 8 heteroatoms. The maximum atomic E-state index is 13.0. The van der Waals surface area contributed by atoms with E-state index < -0.39 is 6.04 Å². The van der Waals surface area contributed by atoms with Gasteiger partial charge in [0.2, 0.25) is 0 Å². The molecule has 1 aromatic heterocycles. The molecule has 1 fully saturated rings. The summed E-state index contributed by atoms with van der Waals surface area (Å²) in [6, 6.07) is 6.66. The second kappa shape index (κ2) is 8.68. The van der Waals surface area contributed by atoms with Gasteiger partial charge in [-0.1, -0.05) is 29.8 Å². The van der Waals surface area contributed by atoms with E-state index in [2.05, 4.69) is 15.9 Å². The molecule has 1 atom stereocenters. The molecule has 3 rings (SSSR count). The van der Waals surface area contributed by atoms with Crippen LogP contribution in [0.4, 0.5) is 0 Å². The minimum Gasteiger partial charge on any atom is -0.468 e. The van der Waals surface area contributed by atoms with E-state index in [9.17, 15) is 9.59 Å². The first-order valence-corrected chi connectivity index (χ1v) is 10.1. The van der Waals surface area contributed by atoms with Crippen molar-refractivity contribution in [2.24, 2.45) is 0 Å². The highest BCUT2D eigenvalue weighted by atomic mass is 79.9. The first-order valence-electron chi connectivity index (χ1n) is 8.96. The number of rotatable bonds is 4. The molecule has 6 nitrogen and oxygen atoms in total. The number of benzene rings is 1. The second-order valence-corrected chi connectivity index (χ2v) is 7.88. The van der Waals surface area contributed by atoms with Gasteiger partial charge in [0.1, 0.15) is 17.6 Å². The van der Waals surface area contributed by atoms with Gasteiger partial charge in [-0.25, -0.2) is 4.79 Å². The molecule has 2 aromatic rings. The molecule has 0 saturated carbocycles. The Kier molecular flexibility index (Phi) is 6.47. The number of esters is 1. The number of carbonyl (C=O) groups is 2. The highest BCUT2D eigenvalue weighted by Crippen LogP contribution is 2.31. The predicted octanol–water partition coefficient (Wildman–Crippen LogP) is 3.98. The standard InChI is InChI=1S/C20H22BrClN2O4/c1-12-16(17(21)13(2)28-12)19(25)24-10-8-23(9-11-24)18(20(26)27-3)14-6-4-5-7-15(14)22/h4-7,18H,8-11H2,1-3H3. The van der Waals surface area contributed by atoms with Gasteiger partial charge in [-0.2, -0.15) is 0 Å². The SMILES string of the molecule is COC(=O)C(c1ccccc1Cl)N1CCN(C(=O)c2c(C)oc(C)c2Br)CC1. The Morgan fingerprint density at radius 3 is 2.32 bits per heavy atom. The van der Waals surface area contributed by atoms with E-state index >= 15 is 0 Å². The molecule has 2 heterocycles. The highest BCUT2D eigenvalue weighted by Gasteiger charge is 2.34. The Balaban J connectivity index is 1.77. The molecule has 0 N–H and O–H groups in total. The van der Waals surface area contributed by atoms with Crippen LogP contribution in [0.2, 0.25) is 5.02 Å². The van der Waals surface area contributed by atoms with Crippen molar-refractivity contribution in [1.82, 2.24) is 9.80 Å². The summed E-state index contributed by atoms with van der Waals surface area (Å²) in [6.07, 6.45) is 0. The maximum absolute atomic E-state index is 13.0. The van der Waals surface area contributed by atoms with Gasteiger partial charge in [-0.05, 0) is 41.4 Å². The van der Waals surface area contributed by atoms with E-state index in [0.29, 0.717) is 58.3 Å². The van der Waals surface area contributed by atoms with Crippen LogP contribution in [-0.2, 0) is 9.53 Å². The van der Waals surface area contributed by atoms with Crippen LogP contribution >= 0.6 is 27.5 Å². The van der Waals surface area contributed by atoms with Gasteiger partial charge >= 0.3 is 5.97 Å². The van der Waals surface area contributed by atoms with Crippen molar-refractivity contribution >= 4 is 39.4 Å². The molecule has 0 aliphatic carbocycles. The Morgan fingerprint density at radius 2 is 1.79 bits per heavy atom. The first-order chi connectivity index (χ1) is 13.3. The van der Waals surface area contributed by atoms with Crippen molar-refractivity contribution in [3.05, 3.63) is 56.4 Å². The number of halogens is 2. The average Bonchev–Trinajstić information content (AvgIpc) is 2.95. The highest BCUT2D eigenvalue weighted by molar-refractivity contribution is 9.10. The zero-order chi connectivity index (χ0) is 20.4. The summed E-state index contributed by atoms with van der Waals surface area (Å²) in [5, 5.41) is 0.518. The van der Waals surface area contributed by atoms with E-state index in [-0.39, 0.29) is 11.9 Å². The predicted molar refractivity (Wildman–Crippen MR) is 110 cm³/mol. The van der Waals surface area contributed by atoms with Crippen molar-refractivity contribution in [3.8, 4) is 0 Å². The molecular weight excluding hydrogens is 448 g/mol. The van der Waals surface area contributed by atoms with Crippen LogP contribution in [0.15, 0.2) is 33.2 Å². The van der Waals surface area contributed by atoms with Gasteiger partial charge in [0.05, 0.1) is 17.1 Å². The number of aryl methyl sites for hydroxylation is 2. The number of ether oxygens (including phenoxy) is 1. The van der Waals surface area contributed by atoms with E-state index in [1.165, 1.54) is 7.11 Å². The fraction of sp³-hybridized carbons (Fsp3) is 0.400. The zero-order valence-corrected chi connectivity index (χ0v) is 18.3. The molecule has 1 saturated heterocycles. The van der Waals surface area contributed by atoms with Crippen molar-refractivity contribution in [2.45, 2.75) is 19.9 Å². The van der Waals surface area contributed by atoms with E-state index in [1.807, 2.05) is 30.0 Å². The number of nitrogens with zero attached hydrogens (tertiary/aromatic N) is 2.